The van der Waals surface area contributed by atoms with Crippen LogP contribution in [0.1, 0.15) is 12.5 Å². The molecule has 34 heavy (non-hydrogen) atoms. The molecule has 0 aliphatic rings. The summed E-state index contributed by atoms with van der Waals surface area (Å²) in [6, 6.07) is 15.1. The minimum absolute atomic E-state index is 0.00750. The van der Waals surface area contributed by atoms with E-state index in [4.69, 9.17) is 18.9 Å². The maximum atomic E-state index is 11.9. The molecule has 0 bridgehead atoms. The fourth-order valence-corrected chi connectivity index (χ4v) is 2.96. The van der Waals surface area contributed by atoms with E-state index in [1.165, 1.54) is 18.2 Å². The van der Waals surface area contributed by atoms with E-state index in [-0.39, 0.29) is 28.8 Å². The van der Waals surface area contributed by atoms with Gasteiger partial charge in [0.1, 0.15) is 5.75 Å². The quantitative estimate of drug-likeness (QED) is 0.132. The van der Waals surface area contributed by atoms with Crippen LogP contribution in [0.3, 0.4) is 0 Å². The van der Waals surface area contributed by atoms with Crippen LogP contribution in [0.25, 0.3) is 0 Å². The predicted octanol–water partition coefficient (Wildman–Crippen LogP) is 4.50. The summed E-state index contributed by atoms with van der Waals surface area (Å²) in [6.07, 6.45) is 1.65. The first-order chi connectivity index (χ1) is 16.4. The second-order valence-electron chi connectivity index (χ2n) is 6.31. The third-order valence-corrected chi connectivity index (χ3v) is 4.59. The number of ether oxygens (including phenoxy) is 4. The van der Waals surface area contributed by atoms with Crippen LogP contribution in [-0.2, 0) is 9.53 Å². The zero-order chi connectivity index (χ0) is 24.5. The van der Waals surface area contributed by atoms with Crippen molar-refractivity contribution in [1.82, 2.24) is 9.97 Å². The number of nitriles is 1. The number of nitro groups is 1. The van der Waals surface area contributed by atoms with Gasteiger partial charge in [0.05, 0.1) is 23.2 Å². The zero-order valence-corrected chi connectivity index (χ0v) is 18.9. The number of thioether (sulfide) groups is 1. The Bertz CT molecular complexity index is 1230. The summed E-state index contributed by atoms with van der Waals surface area (Å²) in [6.45, 7) is 1.15. The molecule has 0 radical (unpaired) electrons. The standard InChI is InChI=1S/C22H18N4O7S/c1-3-30-18(27)13-31-20-19(26(28)29)21(25-22(24-20)34-2)33-17-11-14(12-23)9-10-16(17)32-15-7-5-4-6-8-15/h4-11H,3,13H2,1-2H3. The van der Waals surface area contributed by atoms with E-state index in [1.54, 1.807) is 37.4 Å². The van der Waals surface area contributed by atoms with Crippen molar-refractivity contribution in [2.24, 2.45) is 0 Å². The number of hydrogen-bond acceptors (Lipinski definition) is 11. The van der Waals surface area contributed by atoms with Crippen LogP contribution < -0.4 is 14.2 Å². The fraction of sp³-hybridized carbons (Fsp3) is 0.182. The highest BCUT2D eigenvalue weighted by Gasteiger charge is 2.30. The average Bonchev–Trinajstić information content (AvgIpc) is 2.84. The van der Waals surface area contributed by atoms with E-state index in [2.05, 4.69) is 9.97 Å². The Morgan fingerprint density at radius 1 is 1.12 bits per heavy atom. The Kier molecular flexibility index (Phi) is 8.20. The lowest BCUT2D eigenvalue weighted by Gasteiger charge is -2.13. The van der Waals surface area contributed by atoms with Crippen molar-refractivity contribution in [3.8, 4) is 35.1 Å². The van der Waals surface area contributed by atoms with Crippen LogP contribution >= 0.6 is 11.8 Å². The van der Waals surface area contributed by atoms with Gasteiger partial charge in [-0.05, 0) is 37.4 Å². The summed E-state index contributed by atoms with van der Waals surface area (Å²) < 4.78 is 21.6. The summed E-state index contributed by atoms with van der Waals surface area (Å²) >= 11 is 1.08. The molecular weight excluding hydrogens is 464 g/mol. The van der Waals surface area contributed by atoms with Gasteiger partial charge in [0.25, 0.3) is 0 Å². The molecule has 0 fully saturated rings. The van der Waals surface area contributed by atoms with Crippen molar-refractivity contribution in [3.05, 3.63) is 64.2 Å². The van der Waals surface area contributed by atoms with Gasteiger partial charge in [-0.25, -0.2) is 4.79 Å². The predicted molar refractivity (Wildman–Crippen MR) is 120 cm³/mol. The van der Waals surface area contributed by atoms with Gasteiger partial charge >= 0.3 is 23.4 Å². The van der Waals surface area contributed by atoms with Gasteiger partial charge in [0.15, 0.2) is 23.3 Å². The van der Waals surface area contributed by atoms with Crippen LogP contribution in [-0.4, -0.2) is 40.3 Å². The minimum atomic E-state index is -0.786. The number of carbonyl (C=O) groups is 1. The minimum Gasteiger partial charge on any atom is -0.463 e. The monoisotopic (exact) mass is 482 g/mol. The average molecular weight is 482 g/mol. The van der Waals surface area contributed by atoms with Crippen LogP contribution in [0.5, 0.6) is 29.0 Å². The van der Waals surface area contributed by atoms with E-state index >= 15 is 0 Å². The van der Waals surface area contributed by atoms with Gasteiger partial charge in [-0.1, -0.05) is 30.0 Å². The van der Waals surface area contributed by atoms with E-state index in [0.717, 1.165) is 11.8 Å². The first kappa shape index (κ1) is 24.3. The summed E-state index contributed by atoms with van der Waals surface area (Å²) in [5.41, 5.74) is -0.467. The first-order valence-corrected chi connectivity index (χ1v) is 11.0. The molecule has 0 unspecified atom stereocenters. The Hall–Kier alpha value is -4.37. The number of esters is 1. The number of hydrogen-bond donors (Lipinski definition) is 0. The van der Waals surface area contributed by atoms with Gasteiger partial charge in [-0.15, -0.1) is 0 Å². The topological polar surface area (TPSA) is 147 Å². The van der Waals surface area contributed by atoms with E-state index in [0.29, 0.717) is 5.75 Å². The van der Waals surface area contributed by atoms with Gasteiger partial charge in [0, 0.05) is 6.07 Å². The Balaban J connectivity index is 2.04. The highest BCUT2D eigenvalue weighted by atomic mass is 32.2. The van der Waals surface area contributed by atoms with Crippen LogP contribution in [0.4, 0.5) is 5.69 Å². The number of nitrogens with zero attached hydrogens (tertiary/aromatic N) is 4. The van der Waals surface area contributed by atoms with Crippen LogP contribution in [0.15, 0.2) is 53.7 Å². The summed E-state index contributed by atoms with van der Waals surface area (Å²) in [4.78, 5) is 30.8. The summed E-state index contributed by atoms with van der Waals surface area (Å²) in [5.74, 6) is -0.946. The molecule has 0 atom stereocenters. The van der Waals surface area contributed by atoms with Gasteiger partial charge in [0.2, 0.25) is 0 Å². The molecule has 174 valence electrons. The third kappa shape index (κ3) is 6.11. The molecule has 0 saturated carbocycles. The van der Waals surface area contributed by atoms with Gasteiger partial charge in [-0.3, -0.25) is 10.1 Å². The van der Waals surface area contributed by atoms with E-state index in [9.17, 15) is 20.2 Å². The third-order valence-electron chi connectivity index (χ3n) is 4.05. The Morgan fingerprint density at radius 3 is 2.50 bits per heavy atom. The number of carbonyl (C=O) groups excluding carboxylic acids is 1. The van der Waals surface area contributed by atoms with Crippen molar-refractivity contribution < 1.29 is 28.7 Å². The lowest BCUT2D eigenvalue weighted by Crippen LogP contribution is -2.16. The molecule has 0 aliphatic heterocycles. The zero-order valence-electron chi connectivity index (χ0n) is 18.1. The molecule has 2 aromatic carbocycles. The molecule has 12 heteroatoms. The first-order valence-electron chi connectivity index (χ1n) is 9.78. The highest BCUT2D eigenvalue weighted by Crippen LogP contribution is 2.41. The number of benzene rings is 2. The SMILES string of the molecule is CCOC(=O)COc1nc(SC)nc(Oc2cc(C#N)ccc2Oc2ccccc2)c1[N+](=O)[O-]. The van der Waals surface area contributed by atoms with Crippen molar-refractivity contribution in [1.29, 1.82) is 5.26 Å². The molecule has 1 heterocycles. The number of aromatic nitrogens is 2. The highest BCUT2D eigenvalue weighted by molar-refractivity contribution is 7.98. The second kappa shape index (κ2) is 11.5. The second-order valence-corrected chi connectivity index (χ2v) is 7.08. The normalized spacial score (nSPS) is 10.1. The maximum Gasteiger partial charge on any atom is 0.392 e. The fourth-order valence-electron chi connectivity index (χ4n) is 2.61. The molecule has 0 saturated heterocycles. The molecule has 1 aromatic heterocycles. The molecule has 0 aliphatic carbocycles. The van der Waals surface area contributed by atoms with Crippen molar-refractivity contribution >= 4 is 23.4 Å². The lowest BCUT2D eigenvalue weighted by atomic mass is 10.2. The summed E-state index contributed by atoms with van der Waals surface area (Å²) in [5, 5.41) is 21.3. The molecule has 3 aromatic rings. The molecule has 3 rings (SSSR count). The molecule has 11 nitrogen and oxygen atoms in total. The lowest BCUT2D eigenvalue weighted by molar-refractivity contribution is -0.387. The van der Waals surface area contributed by atoms with Gasteiger partial charge in [-0.2, -0.15) is 15.2 Å². The van der Waals surface area contributed by atoms with Crippen LogP contribution in [0, 0.1) is 21.4 Å². The number of para-hydroxylation sites is 1. The van der Waals surface area contributed by atoms with E-state index in [1.807, 2.05) is 12.1 Å². The van der Waals surface area contributed by atoms with Crippen molar-refractivity contribution in [2.45, 2.75) is 12.1 Å². The molecular formula is C22H18N4O7S. The number of rotatable bonds is 10. The summed E-state index contributed by atoms with van der Waals surface area (Å²) in [7, 11) is 0. The van der Waals surface area contributed by atoms with E-state index < -0.39 is 34.9 Å². The molecule has 0 N–H and O–H groups in total. The largest absolute Gasteiger partial charge is 0.463 e. The van der Waals surface area contributed by atoms with Crippen LogP contribution in [0.2, 0.25) is 0 Å². The van der Waals surface area contributed by atoms with Crippen molar-refractivity contribution in [2.75, 3.05) is 19.5 Å². The van der Waals surface area contributed by atoms with Gasteiger partial charge < -0.3 is 18.9 Å². The molecule has 0 spiro atoms. The molecule has 0 amide bonds. The smallest absolute Gasteiger partial charge is 0.392 e. The van der Waals surface area contributed by atoms with Crippen molar-refractivity contribution in [3.63, 3.8) is 0 Å². The maximum absolute atomic E-state index is 11.9. The Morgan fingerprint density at radius 2 is 1.85 bits per heavy atom. The Labute approximate surface area is 198 Å².